The molecule has 0 aliphatic heterocycles. The van der Waals surface area contributed by atoms with E-state index in [0.717, 1.165) is 34.3 Å². The van der Waals surface area contributed by atoms with Gasteiger partial charge < -0.3 is 9.09 Å². The summed E-state index contributed by atoms with van der Waals surface area (Å²) in [5, 5.41) is 3.81. The van der Waals surface area contributed by atoms with E-state index in [1.807, 2.05) is 19.1 Å². The van der Waals surface area contributed by atoms with Crippen LogP contribution in [-0.4, -0.2) is 25.6 Å². The van der Waals surface area contributed by atoms with Gasteiger partial charge in [0.25, 0.3) is 0 Å². The van der Waals surface area contributed by atoms with Gasteiger partial charge in [-0.3, -0.25) is 0 Å². The van der Waals surface area contributed by atoms with Gasteiger partial charge in [-0.2, -0.15) is 4.98 Å². The first-order valence-electron chi connectivity index (χ1n) is 6.67. The molecule has 0 atom stereocenters. The van der Waals surface area contributed by atoms with Gasteiger partial charge in [-0.05, 0) is 25.1 Å². The summed E-state index contributed by atoms with van der Waals surface area (Å²) < 4.78 is 8.35. The molecule has 0 aliphatic carbocycles. The van der Waals surface area contributed by atoms with Crippen LogP contribution in [0.4, 0.5) is 0 Å². The first kappa shape index (κ1) is 14.5. The Balaban J connectivity index is 1.92. The lowest BCUT2D eigenvalue weighted by Gasteiger charge is -2.06. The van der Waals surface area contributed by atoms with Crippen LogP contribution in [0, 0.1) is 6.92 Å². The van der Waals surface area contributed by atoms with Gasteiger partial charge in [0.15, 0.2) is 5.82 Å². The molecule has 5 nitrogen and oxygen atoms in total. The van der Waals surface area contributed by atoms with Crippen LogP contribution in [0.5, 0.6) is 0 Å². The molecular formula is C14H14BrClN4O. The number of nitrogens with zero attached hydrogens (tertiary/aromatic N) is 4. The van der Waals surface area contributed by atoms with Crippen molar-refractivity contribution in [1.29, 1.82) is 0 Å². The van der Waals surface area contributed by atoms with E-state index in [2.05, 4.69) is 41.7 Å². The van der Waals surface area contributed by atoms with Gasteiger partial charge >= 0.3 is 0 Å². The SMILES string of the molecule is Cc1noc(CCn2c(CCCl)nc3cc(Br)ccc32)n1. The number of hydrogen-bond donors (Lipinski definition) is 0. The number of aryl methyl sites for hydroxylation is 4. The highest BCUT2D eigenvalue weighted by molar-refractivity contribution is 9.10. The van der Waals surface area contributed by atoms with Crippen LogP contribution >= 0.6 is 27.5 Å². The second-order valence-corrected chi connectivity index (χ2v) is 6.03. The Labute approximate surface area is 135 Å². The predicted molar refractivity (Wildman–Crippen MR) is 84.6 cm³/mol. The number of imidazole rings is 1. The Morgan fingerprint density at radius 3 is 2.86 bits per heavy atom. The van der Waals surface area contributed by atoms with Crippen molar-refractivity contribution < 1.29 is 4.52 Å². The molecule has 0 N–H and O–H groups in total. The molecule has 0 saturated heterocycles. The largest absolute Gasteiger partial charge is 0.339 e. The standard InChI is InChI=1S/C14H14BrClN4O/c1-9-17-14(21-19-9)5-7-20-12-3-2-10(15)8-11(12)18-13(20)4-6-16/h2-3,8H,4-7H2,1H3. The van der Waals surface area contributed by atoms with Crippen LogP contribution in [0.1, 0.15) is 17.5 Å². The number of aromatic nitrogens is 4. The number of halogens is 2. The maximum Gasteiger partial charge on any atom is 0.228 e. The lowest BCUT2D eigenvalue weighted by Crippen LogP contribution is -2.07. The predicted octanol–water partition coefficient (Wildman–Crippen LogP) is 3.51. The molecule has 21 heavy (non-hydrogen) atoms. The van der Waals surface area contributed by atoms with Crippen LogP contribution in [0.15, 0.2) is 27.2 Å². The number of alkyl halides is 1. The van der Waals surface area contributed by atoms with E-state index < -0.39 is 0 Å². The average molecular weight is 370 g/mol. The van der Waals surface area contributed by atoms with Gasteiger partial charge in [0.05, 0.1) is 11.0 Å². The summed E-state index contributed by atoms with van der Waals surface area (Å²) in [5.74, 6) is 2.83. The van der Waals surface area contributed by atoms with E-state index in [1.54, 1.807) is 0 Å². The zero-order valence-corrected chi connectivity index (χ0v) is 13.9. The van der Waals surface area contributed by atoms with Crippen molar-refractivity contribution in [2.24, 2.45) is 0 Å². The number of rotatable bonds is 5. The summed E-state index contributed by atoms with van der Waals surface area (Å²) in [6, 6.07) is 6.09. The highest BCUT2D eigenvalue weighted by Crippen LogP contribution is 2.22. The van der Waals surface area contributed by atoms with Crippen LogP contribution in [0.2, 0.25) is 0 Å². The van der Waals surface area contributed by atoms with Crippen LogP contribution in [-0.2, 0) is 19.4 Å². The van der Waals surface area contributed by atoms with Crippen molar-refractivity contribution in [1.82, 2.24) is 19.7 Å². The molecule has 2 heterocycles. The van der Waals surface area contributed by atoms with Crippen molar-refractivity contribution in [2.75, 3.05) is 5.88 Å². The summed E-state index contributed by atoms with van der Waals surface area (Å²) in [6.07, 6.45) is 1.41. The van der Waals surface area contributed by atoms with E-state index in [-0.39, 0.29) is 0 Å². The molecule has 0 radical (unpaired) electrons. The van der Waals surface area contributed by atoms with Gasteiger partial charge in [-0.1, -0.05) is 21.1 Å². The third-order valence-electron chi connectivity index (χ3n) is 3.23. The molecule has 0 aliphatic rings. The van der Waals surface area contributed by atoms with Gasteiger partial charge in [0.2, 0.25) is 5.89 Å². The summed E-state index contributed by atoms with van der Waals surface area (Å²) in [4.78, 5) is 8.90. The third kappa shape index (κ3) is 3.11. The highest BCUT2D eigenvalue weighted by atomic mass is 79.9. The minimum absolute atomic E-state index is 0.546. The lowest BCUT2D eigenvalue weighted by molar-refractivity contribution is 0.368. The molecule has 3 rings (SSSR count). The maximum atomic E-state index is 5.88. The molecule has 0 spiro atoms. The molecule has 1 aromatic carbocycles. The van der Waals surface area contributed by atoms with E-state index in [0.29, 0.717) is 24.0 Å². The molecule has 110 valence electrons. The van der Waals surface area contributed by atoms with Crippen molar-refractivity contribution in [2.45, 2.75) is 26.3 Å². The van der Waals surface area contributed by atoms with Crippen molar-refractivity contribution >= 4 is 38.6 Å². The Morgan fingerprint density at radius 1 is 1.29 bits per heavy atom. The number of fused-ring (bicyclic) bond motifs is 1. The minimum atomic E-state index is 0.546. The normalized spacial score (nSPS) is 11.4. The maximum absolute atomic E-state index is 5.88. The Bertz CT molecular complexity index is 768. The molecule has 3 aromatic rings. The fraction of sp³-hybridized carbons (Fsp3) is 0.357. The number of benzene rings is 1. The number of hydrogen-bond acceptors (Lipinski definition) is 4. The first-order chi connectivity index (χ1) is 10.2. The molecular weight excluding hydrogens is 356 g/mol. The smallest absolute Gasteiger partial charge is 0.228 e. The molecule has 0 unspecified atom stereocenters. The highest BCUT2D eigenvalue weighted by Gasteiger charge is 2.12. The zero-order valence-electron chi connectivity index (χ0n) is 11.5. The Hall–Kier alpha value is -1.40. The molecule has 0 bridgehead atoms. The molecule has 0 saturated carbocycles. The van der Waals surface area contributed by atoms with Gasteiger partial charge in [-0.15, -0.1) is 11.6 Å². The fourth-order valence-corrected chi connectivity index (χ4v) is 2.84. The monoisotopic (exact) mass is 368 g/mol. The van der Waals surface area contributed by atoms with Crippen LogP contribution < -0.4 is 0 Å². The third-order valence-corrected chi connectivity index (χ3v) is 3.91. The summed E-state index contributed by atoms with van der Waals surface area (Å²) >= 11 is 9.36. The second kappa shape index (κ2) is 6.15. The van der Waals surface area contributed by atoms with E-state index in [1.165, 1.54) is 0 Å². The van der Waals surface area contributed by atoms with E-state index >= 15 is 0 Å². The van der Waals surface area contributed by atoms with Crippen LogP contribution in [0.3, 0.4) is 0 Å². The zero-order chi connectivity index (χ0) is 14.8. The molecule has 0 fully saturated rings. The van der Waals surface area contributed by atoms with Gasteiger partial charge in [0.1, 0.15) is 5.82 Å². The van der Waals surface area contributed by atoms with Crippen molar-refractivity contribution in [3.63, 3.8) is 0 Å². The van der Waals surface area contributed by atoms with Crippen molar-refractivity contribution in [3.8, 4) is 0 Å². The van der Waals surface area contributed by atoms with E-state index in [4.69, 9.17) is 16.1 Å². The summed E-state index contributed by atoms with van der Waals surface area (Å²) in [7, 11) is 0. The van der Waals surface area contributed by atoms with Gasteiger partial charge in [-0.25, -0.2) is 4.98 Å². The topological polar surface area (TPSA) is 56.7 Å². The average Bonchev–Trinajstić information content (AvgIpc) is 3.00. The quantitative estimate of drug-likeness (QED) is 0.646. The molecule has 0 amide bonds. The molecule has 7 heteroatoms. The van der Waals surface area contributed by atoms with E-state index in [9.17, 15) is 0 Å². The second-order valence-electron chi connectivity index (χ2n) is 4.74. The summed E-state index contributed by atoms with van der Waals surface area (Å²) in [6.45, 7) is 2.56. The Morgan fingerprint density at radius 2 is 2.14 bits per heavy atom. The Kier molecular flexibility index (Phi) is 4.26. The van der Waals surface area contributed by atoms with Crippen LogP contribution in [0.25, 0.3) is 11.0 Å². The summed E-state index contributed by atoms with van der Waals surface area (Å²) in [5.41, 5.74) is 2.06. The first-order valence-corrected chi connectivity index (χ1v) is 8.00. The van der Waals surface area contributed by atoms with Gasteiger partial charge in [0, 0.05) is 29.7 Å². The fourth-order valence-electron chi connectivity index (χ4n) is 2.33. The minimum Gasteiger partial charge on any atom is -0.339 e. The van der Waals surface area contributed by atoms with Crippen molar-refractivity contribution in [3.05, 3.63) is 40.2 Å². The lowest BCUT2D eigenvalue weighted by atomic mass is 10.3. The molecule has 2 aromatic heterocycles.